The van der Waals surface area contributed by atoms with Gasteiger partial charge >= 0.3 is 0 Å². The molecule has 1 atom stereocenters. The summed E-state index contributed by atoms with van der Waals surface area (Å²) in [6.07, 6.45) is 0.756. The molecule has 1 aromatic heterocycles. The predicted octanol–water partition coefficient (Wildman–Crippen LogP) is 2.43. The zero-order chi connectivity index (χ0) is 11.3. The zero-order valence-corrected chi connectivity index (χ0v) is 9.92. The highest BCUT2D eigenvalue weighted by Crippen LogP contribution is 2.14. The Kier molecular flexibility index (Phi) is 5.15. The summed E-state index contributed by atoms with van der Waals surface area (Å²) in [4.78, 5) is 0. The van der Waals surface area contributed by atoms with Gasteiger partial charge in [-0.2, -0.15) is 0 Å². The Morgan fingerprint density at radius 2 is 2.20 bits per heavy atom. The van der Waals surface area contributed by atoms with Crippen LogP contribution in [0.3, 0.4) is 0 Å². The lowest BCUT2D eigenvalue weighted by Crippen LogP contribution is -2.34. The van der Waals surface area contributed by atoms with E-state index in [1.807, 2.05) is 6.07 Å². The maximum atomic E-state index is 8.90. The molecule has 0 bridgehead atoms. The van der Waals surface area contributed by atoms with E-state index >= 15 is 0 Å². The summed E-state index contributed by atoms with van der Waals surface area (Å²) in [6.45, 7) is 5.11. The van der Waals surface area contributed by atoms with E-state index in [0.717, 1.165) is 12.2 Å². The molecule has 0 amide bonds. The van der Waals surface area contributed by atoms with Gasteiger partial charge in [0.2, 0.25) is 0 Å². The molecule has 1 unspecified atom stereocenters. The molecule has 15 heavy (non-hydrogen) atoms. The molecule has 1 rings (SSSR count). The topological polar surface area (TPSA) is 45.4 Å². The van der Waals surface area contributed by atoms with Crippen molar-refractivity contribution in [3.05, 3.63) is 23.1 Å². The van der Waals surface area contributed by atoms with Crippen molar-refractivity contribution in [3.63, 3.8) is 0 Å². The highest BCUT2D eigenvalue weighted by atomic mass is 35.5. The fourth-order valence-electron chi connectivity index (χ4n) is 1.49. The fourth-order valence-corrected chi connectivity index (χ4v) is 1.65. The summed E-state index contributed by atoms with van der Waals surface area (Å²) in [5.41, 5.74) is 0. The number of hydrogen-bond donors (Lipinski definition) is 2. The van der Waals surface area contributed by atoms with Crippen LogP contribution < -0.4 is 5.32 Å². The number of aliphatic hydroxyl groups is 1. The lowest BCUT2D eigenvalue weighted by atomic mass is 10.0. The molecular weight excluding hydrogens is 214 g/mol. The minimum Gasteiger partial charge on any atom is -0.448 e. The first-order valence-corrected chi connectivity index (χ1v) is 5.59. The second-order valence-corrected chi connectivity index (χ2v) is 4.32. The molecule has 0 saturated heterocycles. The van der Waals surface area contributed by atoms with Crippen LogP contribution in [-0.4, -0.2) is 17.8 Å². The van der Waals surface area contributed by atoms with E-state index in [1.54, 1.807) is 6.07 Å². The largest absolute Gasteiger partial charge is 0.448 e. The van der Waals surface area contributed by atoms with E-state index in [4.69, 9.17) is 21.1 Å². The van der Waals surface area contributed by atoms with Gasteiger partial charge in [0.1, 0.15) is 5.76 Å². The number of nitrogens with one attached hydrogen (secondary N) is 1. The highest BCUT2D eigenvalue weighted by Gasteiger charge is 2.12. The molecule has 0 aliphatic carbocycles. The van der Waals surface area contributed by atoms with Crippen LogP contribution in [0.1, 0.15) is 26.0 Å². The lowest BCUT2D eigenvalue weighted by molar-refractivity contribution is 0.241. The number of furan rings is 1. The van der Waals surface area contributed by atoms with Gasteiger partial charge in [0, 0.05) is 12.6 Å². The van der Waals surface area contributed by atoms with E-state index in [1.165, 1.54) is 0 Å². The molecule has 0 spiro atoms. The van der Waals surface area contributed by atoms with Crippen LogP contribution in [0.4, 0.5) is 0 Å². The smallest absolute Gasteiger partial charge is 0.193 e. The van der Waals surface area contributed by atoms with Gasteiger partial charge < -0.3 is 14.8 Å². The van der Waals surface area contributed by atoms with Gasteiger partial charge in [-0.25, -0.2) is 0 Å². The maximum absolute atomic E-state index is 8.90. The fraction of sp³-hybridized carbons (Fsp3) is 0.636. The first-order valence-electron chi connectivity index (χ1n) is 5.22. The molecule has 3 nitrogen and oxygen atoms in total. The molecule has 2 N–H and O–H groups in total. The van der Waals surface area contributed by atoms with Gasteiger partial charge in [-0.3, -0.25) is 0 Å². The van der Waals surface area contributed by atoms with Gasteiger partial charge in [0.25, 0.3) is 0 Å². The van der Waals surface area contributed by atoms with Crippen molar-refractivity contribution in [2.75, 3.05) is 6.61 Å². The summed E-state index contributed by atoms with van der Waals surface area (Å²) < 4.78 is 5.23. The molecule has 0 saturated carbocycles. The van der Waals surface area contributed by atoms with Crippen molar-refractivity contribution in [2.45, 2.75) is 32.9 Å². The normalized spacial score (nSPS) is 13.4. The molecule has 0 aromatic carbocycles. The Morgan fingerprint density at radius 3 is 2.67 bits per heavy atom. The minimum atomic E-state index is 0.203. The first kappa shape index (κ1) is 12.6. The molecule has 1 aromatic rings. The van der Waals surface area contributed by atoms with Gasteiger partial charge in [-0.1, -0.05) is 13.8 Å². The quantitative estimate of drug-likeness (QED) is 0.791. The van der Waals surface area contributed by atoms with Crippen LogP contribution >= 0.6 is 11.6 Å². The van der Waals surface area contributed by atoms with Crippen molar-refractivity contribution in [1.29, 1.82) is 0 Å². The second-order valence-electron chi connectivity index (χ2n) is 3.95. The Balaban J connectivity index is 2.39. The van der Waals surface area contributed by atoms with Gasteiger partial charge in [-0.15, -0.1) is 0 Å². The number of hydrogen-bond acceptors (Lipinski definition) is 3. The van der Waals surface area contributed by atoms with Crippen LogP contribution in [-0.2, 0) is 6.54 Å². The second kappa shape index (κ2) is 6.16. The van der Waals surface area contributed by atoms with Crippen molar-refractivity contribution < 1.29 is 9.52 Å². The highest BCUT2D eigenvalue weighted by molar-refractivity contribution is 6.28. The third kappa shape index (κ3) is 4.24. The molecule has 0 aliphatic rings. The third-order valence-corrected chi connectivity index (χ3v) is 2.62. The van der Waals surface area contributed by atoms with Crippen LogP contribution in [0.15, 0.2) is 16.5 Å². The Morgan fingerprint density at radius 1 is 1.47 bits per heavy atom. The average molecular weight is 232 g/mol. The number of rotatable bonds is 6. The summed E-state index contributed by atoms with van der Waals surface area (Å²) in [7, 11) is 0. The van der Waals surface area contributed by atoms with Crippen LogP contribution in [0.25, 0.3) is 0 Å². The number of halogens is 1. The van der Waals surface area contributed by atoms with Gasteiger partial charge in [0.05, 0.1) is 6.54 Å². The Labute approximate surface area is 95.4 Å². The summed E-state index contributed by atoms with van der Waals surface area (Å²) in [6, 6.07) is 3.89. The van der Waals surface area contributed by atoms with Gasteiger partial charge in [-0.05, 0) is 36.1 Å². The van der Waals surface area contributed by atoms with Crippen molar-refractivity contribution >= 4 is 11.6 Å². The SMILES string of the molecule is CC(C)C(CCO)NCc1ccc(Cl)o1. The summed E-state index contributed by atoms with van der Waals surface area (Å²) in [5.74, 6) is 1.31. The molecule has 86 valence electrons. The van der Waals surface area contributed by atoms with E-state index in [9.17, 15) is 0 Å². The number of aliphatic hydroxyl groups excluding tert-OH is 1. The predicted molar refractivity (Wildman–Crippen MR) is 60.9 cm³/mol. The first-order chi connectivity index (χ1) is 7.13. The van der Waals surface area contributed by atoms with Gasteiger partial charge in [0.15, 0.2) is 5.22 Å². The monoisotopic (exact) mass is 231 g/mol. The minimum absolute atomic E-state index is 0.203. The van der Waals surface area contributed by atoms with Crippen molar-refractivity contribution in [2.24, 2.45) is 5.92 Å². The van der Waals surface area contributed by atoms with E-state index < -0.39 is 0 Å². The average Bonchev–Trinajstić information content (AvgIpc) is 2.58. The zero-order valence-electron chi connectivity index (χ0n) is 9.16. The third-order valence-electron chi connectivity index (χ3n) is 2.41. The molecule has 0 aliphatic heterocycles. The molecule has 1 heterocycles. The van der Waals surface area contributed by atoms with E-state index in [0.29, 0.717) is 23.7 Å². The summed E-state index contributed by atoms with van der Waals surface area (Å²) in [5, 5.41) is 12.7. The van der Waals surface area contributed by atoms with Crippen LogP contribution in [0, 0.1) is 5.92 Å². The van der Waals surface area contributed by atoms with E-state index in [2.05, 4.69) is 19.2 Å². The van der Waals surface area contributed by atoms with Crippen LogP contribution in [0.2, 0.25) is 5.22 Å². The maximum Gasteiger partial charge on any atom is 0.193 e. The lowest BCUT2D eigenvalue weighted by Gasteiger charge is -2.20. The molecule has 0 fully saturated rings. The Bertz CT molecular complexity index is 286. The molecule has 0 radical (unpaired) electrons. The Hall–Kier alpha value is -0.510. The van der Waals surface area contributed by atoms with Crippen molar-refractivity contribution in [3.8, 4) is 0 Å². The van der Waals surface area contributed by atoms with E-state index in [-0.39, 0.29) is 6.61 Å². The summed E-state index contributed by atoms with van der Waals surface area (Å²) >= 11 is 5.66. The van der Waals surface area contributed by atoms with Crippen molar-refractivity contribution in [1.82, 2.24) is 5.32 Å². The molecular formula is C11H18ClNO2. The van der Waals surface area contributed by atoms with Crippen LogP contribution in [0.5, 0.6) is 0 Å². The standard InChI is InChI=1S/C11H18ClNO2/c1-8(2)10(5-6-14)13-7-9-3-4-11(12)15-9/h3-4,8,10,13-14H,5-7H2,1-2H3. The molecule has 4 heteroatoms.